The SMILES string of the molecule is O=[N+]([O-])c1ccc(Cl)c(-c2cscc2Cl)c1. The van der Waals surface area contributed by atoms with E-state index in [9.17, 15) is 10.1 Å². The number of hydrogen-bond donors (Lipinski definition) is 0. The molecule has 0 radical (unpaired) electrons. The first-order chi connectivity index (χ1) is 7.59. The molecule has 0 aliphatic heterocycles. The molecule has 1 aromatic heterocycles. The van der Waals surface area contributed by atoms with E-state index in [1.165, 1.54) is 29.5 Å². The second-order valence-corrected chi connectivity index (χ2v) is 4.61. The third-order valence-electron chi connectivity index (χ3n) is 2.07. The zero-order valence-electron chi connectivity index (χ0n) is 7.81. The molecule has 0 atom stereocenters. The Kier molecular flexibility index (Phi) is 3.14. The summed E-state index contributed by atoms with van der Waals surface area (Å²) < 4.78 is 0. The maximum absolute atomic E-state index is 10.7. The maximum atomic E-state index is 10.7. The number of non-ortho nitro benzene ring substituents is 1. The van der Waals surface area contributed by atoms with Crippen molar-refractivity contribution in [3.05, 3.63) is 49.1 Å². The zero-order chi connectivity index (χ0) is 11.7. The molecule has 0 saturated carbocycles. The normalized spacial score (nSPS) is 10.4. The van der Waals surface area contributed by atoms with Crippen molar-refractivity contribution >= 4 is 40.2 Å². The first kappa shape index (κ1) is 11.4. The van der Waals surface area contributed by atoms with Gasteiger partial charge in [0.15, 0.2) is 0 Å². The van der Waals surface area contributed by atoms with Crippen LogP contribution in [-0.4, -0.2) is 4.92 Å². The van der Waals surface area contributed by atoms with Gasteiger partial charge in [-0.1, -0.05) is 23.2 Å². The molecule has 0 unspecified atom stereocenters. The van der Waals surface area contributed by atoms with Gasteiger partial charge < -0.3 is 0 Å². The summed E-state index contributed by atoms with van der Waals surface area (Å²) in [7, 11) is 0. The predicted molar refractivity (Wildman–Crippen MR) is 66.4 cm³/mol. The van der Waals surface area contributed by atoms with Crippen LogP contribution in [-0.2, 0) is 0 Å². The number of benzene rings is 1. The van der Waals surface area contributed by atoms with Crippen LogP contribution in [0.2, 0.25) is 10.0 Å². The number of rotatable bonds is 2. The molecule has 0 aliphatic carbocycles. The van der Waals surface area contributed by atoms with Crippen molar-refractivity contribution in [1.82, 2.24) is 0 Å². The molecule has 16 heavy (non-hydrogen) atoms. The van der Waals surface area contributed by atoms with E-state index >= 15 is 0 Å². The molecule has 0 N–H and O–H groups in total. The van der Waals surface area contributed by atoms with Crippen molar-refractivity contribution in [3.8, 4) is 11.1 Å². The fraction of sp³-hybridized carbons (Fsp3) is 0. The molecule has 2 aromatic rings. The van der Waals surface area contributed by atoms with Gasteiger partial charge in [-0.05, 0) is 6.07 Å². The van der Waals surface area contributed by atoms with E-state index < -0.39 is 4.92 Å². The van der Waals surface area contributed by atoms with Crippen LogP contribution in [0.3, 0.4) is 0 Å². The molecular weight excluding hydrogens is 269 g/mol. The fourth-order valence-electron chi connectivity index (χ4n) is 1.31. The van der Waals surface area contributed by atoms with Crippen molar-refractivity contribution in [1.29, 1.82) is 0 Å². The van der Waals surface area contributed by atoms with Gasteiger partial charge in [-0.2, -0.15) is 11.3 Å². The van der Waals surface area contributed by atoms with Gasteiger partial charge in [-0.3, -0.25) is 10.1 Å². The van der Waals surface area contributed by atoms with E-state index in [0.29, 0.717) is 15.6 Å². The third-order valence-corrected chi connectivity index (χ3v) is 3.58. The minimum Gasteiger partial charge on any atom is -0.258 e. The molecule has 0 amide bonds. The lowest BCUT2D eigenvalue weighted by Crippen LogP contribution is -1.88. The van der Waals surface area contributed by atoms with Crippen molar-refractivity contribution in [2.24, 2.45) is 0 Å². The van der Waals surface area contributed by atoms with Crippen LogP contribution in [0.25, 0.3) is 11.1 Å². The molecule has 0 saturated heterocycles. The highest BCUT2D eigenvalue weighted by molar-refractivity contribution is 7.09. The third kappa shape index (κ3) is 2.04. The van der Waals surface area contributed by atoms with Crippen molar-refractivity contribution in [3.63, 3.8) is 0 Å². The Morgan fingerprint density at radius 2 is 1.88 bits per heavy atom. The van der Waals surface area contributed by atoms with Crippen LogP contribution >= 0.6 is 34.5 Å². The number of nitrogens with zero attached hydrogens (tertiary/aromatic N) is 1. The molecule has 82 valence electrons. The van der Waals surface area contributed by atoms with E-state index in [-0.39, 0.29) is 5.69 Å². The molecule has 1 heterocycles. The summed E-state index contributed by atoms with van der Waals surface area (Å²) in [6.07, 6.45) is 0. The van der Waals surface area contributed by atoms with Crippen molar-refractivity contribution in [2.75, 3.05) is 0 Å². The monoisotopic (exact) mass is 273 g/mol. The van der Waals surface area contributed by atoms with E-state index in [1.807, 2.05) is 5.38 Å². The second-order valence-electron chi connectivity index (χ2n) is 3.05. The quantitative estimate of drug-likeness (QED) is 0.591. The van der Waals surface area contributed by atoms with Crippen LogP contribution in [0.15, 0.2) is 29.0 Å². The minimum absolute atomic E-state index is 0.00154. The lowest BCUT2D eigenvalue weighted by Gasteiger charge is -2.02. The molecule has 2 rings (SSSR count). The van der Waals surface area contributed by atoms with E-state index in [0.717, 1.165) is 5.56 Å². The van der Waals surface area contributed by atoms with E-state index in [1.54, 1.807) is 5.38 Å². The Morgan fingerprint density at radius 1 is 1.12 bits per heavy atom. The number of thiophene rings is 1. The number of halogens is 2. The average molecular weight is 274 g/mol. The zero-order valence-corrected chi connectivity index (χ0v) is 10.1. The smallest absolute Gasteiger partial charge is 0.258 e. The van der Waals surface area contributed by atoms with Crippen molar-refractivity contribution < 1.29 is 4.92 Å². The van der Waals surface area contributed by atoms with Gasteiger partial charge in [0, 0.05) is 39.0 Å². The number of nitro benzene ring substituents is 1. The highest BCUT2D eigenvalue weighted by atomic mass is 35.5. The van der Waals surface area contributed by atoms with Gasteiger partial charge in [0.25, 0.3) is 5.69 Å². The molecule has 0 fully saturated rings. The average Bonchev–Trinajstić information content (AvgIpc) is 2.65. The largest absolute Gasteiger partial charge is 0.270 e. The van der Waals surface area contributed by atoms with Crippen LogP contribution in [0.5, 0.6) is 0 Å². The Morgan fingerprint density at radius 3 is 2.44 bits per heavy atom. The summed E-state index contributed by atoms with van der Waals surface area (Å²) in [5, 5.41) is 15.2. The van der Waals surface area contributed by atoms with E-state index in [4.69, 9.17) is 23.2 Å². The van der Waals surface area contributed by atoms with Crippen LogP contribution in [0.4, 0.5) is 5.69 Å². The number of hydrogen-bond acceptors (Lipinski definition) is 3. The van der Waals surface area contributed by atoms with Gasteiger partial charge >= 0.3 is 0 Å². The molecule has 3 nitrogen and oxygen atoms in total. The lowest BCUT2D eigenvalue weighted by molar-refractivity contribution is -0.384. The lowest BCUT2D eigenvalue weighted by atomic mass is 10.1. The summed E-state index contributed by atoms with van der Waals surface area (Å²) >= 11 is 13.4. The summed E-state index contributed by atoms with van der Waals surface area (Å²) in [5.41, 5.74) is 1.31. The van der Waals surface area contributed by atoms with Crippen LogP contribution < -0.4 is 0 Å². The predicted octanol–water partition coefficient (Wildman–Crippen LogP) is 4.63. The molecule has 0 bridgehead atoms. The molecular formula is C10H5Cl2NO2S. The highest BCUT2D eigenvalue weighted by Gasteiger charge is 2.13. The second kappa shape index (κ2) is 4.41. The standard InChI is InChI=1S/C10H5Cl2NO2S/c11-9-2-1-6(13(14)15)3-7(9)8-4-16-5-10(8)12/h1-5H. The van der Waals surface area contributed by atoms with Crippen LogP contribution in [0, 0.1) is 10.1 Å². The van der Waals surface area contributed by atoms with Crippen molar-refractivity contribution in [2.45, 2.75) is 0 Å². The first-order valence-corrected chi connectivity index (χ1v) is 5.95. The van der Waals surface area contributed by atoms with E-state index in [2.05, 4.69) is 0 Å². The van der Waals surface area contributed by atoms with Gasteiger partial charge in [-0.15, -0.1) is 0 Å². The molecule has 6 heteroatoms. The molecule has 0 spiro atoms. The highest BCUT2D eigenvalue weighted by Crippen LogP contribution is 2.37. The van der Waals surface area contributed by atoms with Gasteiger partial charge in [0.05, 0.1) is 9.95 Å². The summed E-state index contributed by atoms with van der Waals surface area (Å²) in [6.45, 7) is 0. The summed E-state index contributed by atoms with van der Waals surface area (Å²) in [5.74, 6) is 0. The summed E-state index contributed by atoms with van der Waals surface area (Å²) in [6, 6.07) is 4.30. The van der Waals surface area contributed by atoms with Gasteiger partial charge in [0.2, 0.25) is 0 Å². The fourth-order valence-corrected chi connectivity index (χ4v) is 2.61. The molecule has 1 aromatic carbocycles. The Labute approximate surface area is 105 Å². The molecule has 0 aliphatic rings. The summed E-state index contributed by atoms with van der Waals surface area (Å²) in [4.78, 5) is 10.2. The Bertz CT molecular complexity index is 554. The van der Waals surface area contributed by atoms with Gasteiger partial charge in [-0.25, -0.2) is 0 Å². The van der Waals surface area contributed by atoms with Crippen LogP contribution in [0.1, 0.15) is 0 Å². The number of nitro groups is 1. The Hall–Kier alpha value is -1.10. The topological polar surface area (TPSA) is 43.1 Å². The minimum atomic E-state index is -0.458. The Balaban J connectivity index is 2.60. The first-order valence-electron chi connectivity index (χ1n) is 4.25. The van der Waals surface area contributed by atoms with Gasteiger partial charge in [0.1, 0.15) is 0 Å². The maximum Gasteiger partial charge on any atom is 0.270 e.